The minimum absolute atomic E-state index is 0.0200. The lowest BCUT2D eigenvalue weighted by atomic mass is 10.1. The molecule has 0 spiro atoms. The van der Waals surface area contributed by atoms with Crippen LogP contribution in [0.1, 0.15) is 24.2 Å². The van der Waals surface area contributed by atoms with Gasteiger partial charge in [0.25, 0.3) is 5.91 Å². The first kappa shape index (κ1) is 14.2. The monoisotopic (exact) mass is 329 g/mol. The zero-order chi connectivity index (χ0) is 15.4. The lowest BCUT2D eigenvalue weighted by molar-refractivity contribution is -0.112. The van der Waals surface area contributed by atoms with Gasteiger partial charge in [0.2, 0.25) is 5.12 Å². The number of carbonyl (C=O) groups excluding carboxylic acids is 2. The van der Waals surface area contributed by atoms with Gasteiger partial charge in [-0.1, -0.05) is 31.2 Å². The van der Waals surface area contributed by atoms with Crippen molar-refractivity contribution in [3.63, 3.8) is 0 Å². The number of fused-ring (bicyclic) bond motifs is 3. The third-order valence-corrected chi connectivity index (χ3v) is 7.09. The fourth-order valence-electron chi connectivity index (χ4n) is 3.05. The Labute approximate surface area is 137 Å². The molecule has 2 aromatic carbocycles. The van der Waals surface area contributed by atoms with Crippen LogP contribution in [0.3, 0.4) is 0 Å². The Morgan fingerprint density at radius 2 is 1.73 bits per heavy atom. The molecule has 5 heteroatoms. The van der Waals surface area contributed by atoms with Gasteiger partial charge in [-0.2, -0.15) is 0 Å². The van der Waals surface area contributed by atoms with E-state index in [0.29, 0.717) is 5.56 Å². The number of benzene rings is 2. The average Bonchev–Trinajstić information content (AvgIpc) is 2.76. The predicted octanol–water partition coefficient (Wildman–Crippen LogP) is 3.76. The average molecular weight is 329 g/mol. The number of rotatable bonds is 0. The van der Waals surface area contributed by atoms with E-state index in [4.69, 9.17) is 0 Å². The van der Waals surface area contributed by atoms with Gasteiger partial charge in [-0.15, -0.1) is 11.8 Å². The SMILES string of the molecule is CC1SC2C(=O)Sc3cc4ccccc4cc3C(=O)N2C1C. The van der Waals surface area contributed by atoms with Gasteiger partial charge in [-0.3, -0.25) is 9.59 Å². The fraction of sp³-hybridized carbons (Fsp3) is 0.294. The van der Waals surface area contributed by atoms with Crippen LogP contribution < -0.4 is 0 Å². The Morgan fingerprint density at radius 3 is 2.45 bits per heavy atom. The van der Waals surface area contributed by atoms with Crippen molar-refractivity contribution in [3.05, 3.63) is 42.0 Å². The van der Waals surface area contributed by atoms with Gasteiger partial charge in [-0.05, 0) is 41.6 Å². The standard InChI is InChI=1S/C17H15NO2S2/c1-9-10(2)21-16-17(20)22-14-8-12-6-4-3-5-11(12)7-13(14)15(19)18(9)16/h3-10,16H,1-2H3. The van der Waals surface area contributed by atoms with Crippen LogP contribution in [0.2, 0.25) is 0 Å². The first-order valence-electron chi connectivity index (χ1n) is 7.29. The van der Waals surface area contributed by atoms with Gasteiger partial charge in [-0.25, -0.2) is 0 Å². The molecule has 112 valence electrons. The van der Waals surface area contributed by atoms with Crippen molar-refractivity contribution in [1.82, 2.24) is 4.90 Å². The molecule has 1 amide bonds. The van der Waals surface area contributed by atoms with Crippen molar-refractivity contribution < 1.29 is 9.59 Å². The van der Waals surface area contributed by atoms with Gasteiger partial charge in [0.05, 0.1) is 5.56 Å². The van der Waals surface area contributed by atoms with Gasteiger partial charge in [0.1, 0.15) is 5.37 Å². The highest BCUT2D eigenvalue weighted by molar-refractivity contribution is 8.16. The summed E-state index contributed by atoms with van der Waals surface area (Å²) in [4.78, 5) is 28.1. The quantitative estimate of drug-likeness (QED) is 0.737. The van der Waals surface area contributed by atoms with E-state index in [1.54, 1.807) is 16.7 Å². The molecule has 0 aliphatic carbocycles. The zero-order valence-corrected chi connectivity index (χ0v) is 13.9. The van der Waals surface area contributed by atoms with E-state index >= 15 is 0 Å². The molecule has 2 heterocycles. The van der Waals surface area contributed by atoms with Crippen LogP contribution in [0.25, 0.3) is 10.8 Å². The Hall–Kier alpha value is -1.46. The highest BCUT2D eigenvalue weighted by Gasteiger charge is 2.46. The van der Waals surface area contributed by atoms with Crippen molar-refractivity contribution >= 4 is 45.3 Å². The Balaban J connectivity index is 1.91. The highest BCUT2D eigenvalue weighted by Crippen LogP contribution is 2.44. The topological polar surface area (TPSA) is 37.4 Å². The molecule has 3 atom stereocenters. The van der Waals surface area contributed by atoms with Gasteiger partial charge in [0.15, 0.2) is 0 Å². The van der Waals surface area contributed by atoms with Crippen LogP contribution >= 0.6 is 23.5 Å². The summed E-state index contributed by atoms with van der Waals surface area (Å²) in [5.41, 5.74) is 0.654. The summed E-state index contributed by atoms with van der Waals surface area (Å²) in [5.74, 6) is -0.0200. The minimum atomic E-state index is -0.363. The summed E-state index contributed by atoms with van der Waals surface area (Å²) in [6.07, 6.45) is 0. The first-order chi connectivity index (χ1) is 10.6. The second-order valence-corrected chi connectivity index (χ2v) is 8.27. The summed E-state index contributed by atoms with van der Waals surface area (Å²) in [7, 11) is 0. The number of carbonyl (C=O) groups is 2. The molecule has 22 heavy (non-hydrogen) atoms. The van der Waals surface area contributed by atoms with Crippen molar-refractivity contribution in [3.8, 4) is 0 Å². The van der Waals surface area contributed by atoms with E-state index in [1.807, 2.05) is 43.3 Å². The highest BCUT2D eigenvalue weighted by atomic mass is 32.2. The Kier molecular flexibility index (Phi) is 3.24. The van der Waals surface area contributed by atoms with Gasteiger partial charge in [0, 0.05) is 16.2 Å². The Bertz CT molecular complexity index is 804. The molecule has 1 saturated heterocycles. The third-order valence-electron chi connectivity index (χ3n) is 4.44. The fourth-order valence-corrected chi connectivity index (χ4v) is 5.53. The van der Waals surface area contributed by atoms with E-state index < -0.39 is 0 Å². The maximum Gasteiger partial charge on any atom is 0.256 e. The molecule has 2 aromatic rings. The number of hydrogen-bond donors (Lipinski definition) is 0. The molecule has 0 bridgehead atoms. The molecule has 2 aliphatic heterocycles. The first-order valence-corrected chi connectivity index (χ1v) is 9.05. The van der Waals surface area contributed by atoms with Crippen LogP contribution in [0.15, 0.2) is 41.3 Å². The molecule has 0 aromatic heterocycles. The van der Waals surface area contributed by atoms with Crippen LogP contribution in [-0.4, -0.2) is 32.6 Å². The summed E-state index contributed by atoms with van der Waals surface area (Å²) in [6, 6.07) is 11.9. The van der Waals surface area contributed by atoms with Crippen LogP contribution in [0, 0.1) is 0 Å². The minimum Gasteiger partial charge on any atom is -0.315 e. The number of nitrogens with zero attached hydrogens (tertiary/aromatic N) is 1. The molecule has 1 fully saturated rings. The predicted molar refractivity (Wildman–Crippen MR) is 91.3 cm³/mol. The van der Waals surface area contributed by atoms with Crippen LogP contribution in [0.4, 0.5) is 0 Å². The van der Waals surface area contributed by atoms with Crippen molar-refractivity contribution in [2.24, 2.45) is 0 Å². The molecule has 2 aliphatic rings. The third kappa shape index (κ3) is 1.99. The summed E-state index contributed by atoms with van der Waals surface area (Å²) in [5, 5.41) is 2.07. The van der Waals surface area contributed by atoms with Crippen LogP contribution in [0.5, 0.6) is 0 Å². The Morgan fingerprint density at radius 1 is 1.05 bits per heavy atom. The maximum atomic E-state index is 13.0. The summed E-state index contributed by atoms with van der Waals surface area (Å²) < 4.78 is 0. The second kappa shape index (κ2) is 5.03. The van der Waals surface area contributed by atoms with Gasteiger partial charge >= 0.3 is 0 Å². The number of thioether (sulfide) groups is 2. The zero-order valence-electron chi connectivity index (χ0n) is 12.3. The van der Waals surface area contributed by atoms with Crippen LogP contribution in [-0.2, 0) is 4.79 Å². The molecule has 0 saturated carbocycles. The number of amides is 1. The summed E-state index contributed by atoms with van der Waals surface area (Å²) >= 11 is 2.80. The van der Waals surface area contributed by atoms with Gasteiger partial charge < -0.3 is 4.90 Å². The molecule has 3 unspecified atom stereocenters. The maximum absolute atomic E-state index is 13.0. The smallest absolute Gasteiger partial charge is 0.256 e. The molecule has 0 N–H and O–H groups in total. The molecule has 4 rings (SSSR count). The molecule has 0 radical (unpaired) electrons. The van der Waals surface area contributed by atoms with Crippen molar-refractivity contribution in [2.75, 3.05) is 0 Å². The lowest BCUT2D eigenvalue weighted by Crippen LogP contribution is -2.42. The van der Waals surface area contributed by atoms with E-state index in [-0.39, 0.29) is 27.7 Å². The van der Waals surface area contributed by atoms with E-state index in [2.05, 4.69) is 6.92 Å². The largest absolute Gasteiger partial charge is 0.315 e. The normalized spacial score (nSPS) is 27.7. The van der Waals surface area contributed by atoms with E-state index in [1.165, 1.54) is 11.8 Å². The van der Waals surface area contributed by atoms with Crippen molar-refractivity contribution in [1.29, 1.82) is 0 Å². The molecular formula is C17H15NO2S2. The van der Waals surface area contributed by atoms with E-state index in [9.17, 15) is 9.59 Å². The van der Waals surface area contributed by atoms with Crippen molar-refractivity contribution in [2.45, 2.75) is 35.4 Å². The second-order valence-electron chi connectivity index (χ2n) is 5.76. The molecule has 3 nitrogen and oxygen atoms in total. The van der Waals surface area contributed by atoms with E-state index in [0.717, 1.165) is 15.7 Å². The summed E-state index contributed by atoms with van der Waals surface area (Å²) in [6.45, 7) is 4.11. The lowest BCUT2D eigenvalue weighted by Gasteiger charge is -2.25. The number of hydrogen-bond acceptors (Lipinski definition) is 4. The molecular weight excluding hydrogens is 314 g/mol.